The van der Waals surface area contributed by atoms with Crippen LogP contribution in [0, 0.1) is 11.8 Å². The minimum atomic E-state index is -0.785. The first-order valence-corrected chi connectivity index (χ1v) is 6.35. The van der Waals surface area contributed by atoms with Crippen LogP contribution < -0.4 is 0 Å². The fourth-order valence-corrected chi connectivity index (χ4v) is 2.89. The number of aliphatic hydroxyl groups is 1. The lowest BCUT2D eigenvalue weighted by molar-refractivity contribution is 0.0758. The van der Waals surface area contributed by atoms with Crippen molar-refractivity contribution in [3.05, 3.63) is 57.8 Å². The predicted molar refractivity (Wildman–Crippen MR) is 69.8 cm³/mol. The molecule has 0 fully saturated rings. The molecule has 0 heterocycles. The standard InChI is InChI=1S/C14H9BrO3/c15-10-6-5-9-11(14(10)18)13(17)8-4-2-1-3-7(8)12(9)16/h1-6,9,11,18H. The van der Waals surface area contributed by atoms with Crippen LogP contribution >= 0.6 is 15.9 Å². The van der Waals surface area contributed by atoms with Gasteiger partial charge in [0.15, 0.2) is 11.6 Å². The second-order valence-electron chi connectivity index (χ2n) is 4.37. The first kappa shape index (κ1) is 11.4. The van der Waals surface area contributed by atoms with Gasteiger partial charge in [0.1, 0.15) is 5.76 Å². The zero-order chi connectivity index (χ0) is 12.9. The third-order valence-corrected chi connectivity index (χ3v) is 4.06. The Bertz CT molecular complexity index is 628. The largest absolute Gasteiger partial charge is 0.510 e. The van der Waals surface area contributed by atoms with Gasteiger partial charge in [0.05, 0.1) is 16.3 Å². The van der Waals surface area contributed by atoms with Crippen LogP contribution in [0.5, 0.6) is 0 Å². The monoisotopic (exact) mass is 304 g/mol. The molecule has 0 aliphatic heterocycles. The van der Waals surface area contributed by atoms with Gasteiger partial charge in [-0.05, 0) is 22.0 Å². The highest BCUT2D eigenvalue weighted by molar-refractivity contribution is 9.11. The van der Waals surface area contributed by atoms with Gasteiger partial charge in [0, 0.05) is 11.1 Å². The van der Waals surface area contributed by atoms with Crippen LogP contribution in [0.1, 0.15) is 20.7 Å². The van der Waals surface area contributed by atoms with Crippen LogP contribution in [-0.4, -0.2) is 16.7 Å². The van der Waals surface area contributed by atoms with Gasteiger partial charge >= 0.3 is 0 Å². The number of allylic oxidation sites excluding steroid dienone is 4. The second-order valence-corrected chi connectivity index (χ2v) is 5.22. The Morgan fingerprint density at radius 1 is 1.06 bits per heavy atom. The van der Waals surface area contributed by atoms with Crippen LogP contribution in [0.25, 0.3) is 0 Å². The van der Waals surface area contributed by atoms with Gasteiger partial charge in [-0.3, -0.25) is 9.59 Å². The lowest BCUT2D eigenvalue weighted by Gasteiger charge is -2.30. The highest BCUT2D eigenvalue weighted by atomic mass is 79.9. The molecule has 0 bridgehead atoms. The second kappa shape index (κ2) is 3.92. The van der Waals surface area contributed by atoms with Gasteiger partial charge in [-0.1, -0.05) is 30.3 Å². The van der Waals surface area contributed by atoms with E-state index in [1.54, 1.807) is 36.4 Å². The number of rotatable bonds is 0. The molecule has 0 radical (unpaired) electrons. The van der Waals surface area contributed by atoms with Crippen molar-refractivity contribution in [1.29, 1.82) is 0 Å². The molecule has 90 valence electrons. The molecule has 1 aromatic rings. The summed E-state index contributed by atoms with van der Waals surface area (Å²) in [6.07, 6.45) is 3.29. The lowest BCUT2D eigenvalue weighted by atomic mass is 9.71. The molecule has 3 rings (SSSR count). The van der Waals surface area contributed by atoms with E-state index in [4.69, 9.17) is 0 Å². The molecule has 0 aromatic heterocycles. The molecule has 0 saturated carbocycles. The fraction of sp³-hybridized carbons (Fsp3) is 0.143. The maximum Gasteiger partial charge on any atom is 0.175 e. The Kier molecular flexibility index (Phi) is 2.48. The fourth-order valence-electron chi connectivity index (χ4n) is 2.49. The summed E-state index contributed by atoms with van der Waals surface area (Å²) in [5.74, 6) is -1.75. The van der Waals surface area contributed by atoms with E-state index >= 15 is 0 Å². The summed E-state index contributed by atoms with van der Waals surface area (Å²) < 4.78 is 0.462. The van der Waals surface area contributed by atoms with Crippen LogP contribution in [-0.2, 0) is 0 Å². The highest BCUT2D eigenvalue weighted by Crippen LogP contribution is 2.39. The van der Waals surface area contributed by atoms with Crippen molar-refractivity contribution in [2.45, 2.75) is 0 Å². The summed E-state index contributed by atoms with van der Waals surface area (Å²) in [5, 5.41) is 10.00. The molecular formula is C14H9BrO3. The van der Waals surface area contributed by atoms with Crippen LogP contribution in [0.4, 0.5) is 0 Å². The molecule has 2 aliphatic carbocycles. The summed E-state index contributed by atoms with van der Waals surface area (Å²) in [7, 11) is 0. The van der Waals surface area contributed by atoms with Gasteiger partial charge in [-0.25, -0.2) is 0 Å². The van der Waals surface area contributed by atoms with Crippen molar-refractivity contribution in [3.8, 4) is 0 Å². The van der Waals surface area contributed by atoms with Gasteiger partial charge < -0.3 is 5.11 Å². The van der Waals surface area contributed by atoms with Crippen molar-refractivity contribution >= 4 is 27.5 Å². The number of Topliss-reactive ketones (excluding diaryl/α,β-unsaturated/α-hetero) is 2. The Labute approximate surface area is 112 Å². The molecule has 1 aromatic carbocycles. The van der Waals surface area contributed by atoms with Crippen LogP contribution in [0.2, 0.25) is 0 Å². The molecule has 3 nitrogen and oxygen atoms in total. The van der Waals surface area contributed by atoms with E-state index in [1.807, 2.05) is 0 Å². The Morgan fingerprint density at radius 3 is 2.33 bits per heavy atom. The van der Waals surface area contributed by atoms with Crippen molar-refractivity contribution < 1.29 is 14.7 Å². The number of fused-ring (bicyclic) bond motifs is 2. The van der Waals surface area contributed by atoms with E-state index in [0.717, 1.165) is 0 Å². The number of benzene rings is 1. The summed E-state index contributed by atoms with van der Waals surface area (Å²) >= 11 is 3.18. The molecule has 2 aliphatic rings. The minimum absolute atomic E-state index is 0.0599. The third-order valence-electron chi connectivity index (χ3n) is 3.39. The van der Waals surface area contributed by atoms with Crippen molar-refractivity contribution in [1.82, 2.24) is 0 Å². The maximum atomic E-state index is 12.4. The van der Waals surface area contributed by atoms with E-state index in [-0.39, 0.29) is 17.3 Å². The molecular weight excluding hydrogens is 296 g/mol. The molecule has 0 saturated heterocycles. The number of ketones is 2. The molecule has 4 heteroatoms. The average Bonchev–Trinajstić information content (AvgIpc) is 2.39. The Hall–Kier alpha value is -1.68. The first-order chi connectivity index (χ1) is 8.61. The highest BCUT2D eigenvalue weighted by Gasteiger charge is 2.44. The number of hydrogen-bond acceptors (Lipinski definition) is 3. The molecule has 0 amide bonds. The van der Waals surface area contributed by atoms with E-state index in [2.05, 4.69) is 15.9 Å². The minimum Gasteiger partial charge on any atom is -0.510 e. The SMILES string of the molecule is O=C1c2ccccc2C(=O)C2C(O)=C(Br)C=CC12. The molecule has 1 N–H and O–H groups in total. The van der Waals surface area contributed by atoms with E-state index in [0.29, 0.717) is 15.6 Å². The maximum absolute atomic E-state index is 12.4. The van der Waals surface area contributed by atoms with Crippen molar-refractivity contribution in [3.63, 3.8) is 0 Å². The Balaban J connectivity index is 2.22. The van der Waals surface area contributed by atoms with Gasteiger partial charge in [-0.15, -0.1) is 0 Å². The summed E-state index contributed by atoms with van der Waals surface area (Å²) in [5.41, 5.74) is 0.838. The zero-order valence-electron chi connectivity index (χ0n) is 9.26. The van der Waals surface area contributed by atoms with E-state index < -0.39 is 11.8 Å². The van der Waals surface area contributed by atoms with Crippen LogP contribution in [0.3, 0.4) is 0 Å². The normalized spacial score (nSPS) is 26.1. The average molecular weight is 305 g/mol. The van der Waals surface area contributed by atoms with Crippen molar-refractivity contribution in [2.24, 2.45) is 11.8 Å². The quantitative estimate of drug-likeness (QED) is 0.801. The number of halogens is 1. The molecule has 0 spiro atoms. The molecule has 18 heavy (non-hydrogen) atoms. The van der Waals surface area contributed by atoms with E-state index in [1.165, 1.54) is 0 Å². The van der Waals surface area contributed by atoms with Crippen LogP contribution in [0.15, 0.2) is 46.7 Å². The first-order valence-electron chi connectivity index (χ1n) is 5.55. The Morgan fingerprint density at radius 2 is 1.67 bits per heavy atom. The summed E-state index contributed by atoms with van der Waals surface area (Å²) in [6, 6.07) is 6.75. The van der Waals surface area contributed by atoms with Gasteiger partial charge in [-0.2, -0.15) is 0 Å². The van der Waals surface area contributed by atoms with Gasteiger partial charge in [0.2, 0.25) is 0 Å². The molecule has 2 atom stereocenters. The number of aliphatic hydroxyl groups excluding tert-OH is 1. The third kappa shape index (κ3) is 1.42. The predicted octanol–water partition coefficient (Wildman–Crippen LogP) is 3.03. The smallest absolute Gasteiger partial charge is 0.175 e. The topological polar surface area (TPSA) is 54.4 Å². The van der Waals surface area contributed by atoms with Crippen molar-refractivity contribution in [2.75, 3.05) is 0 Å². The number of carbonyl (C=O) groups excluding carboxylic acids is 2. The summed E-state index contributed by atoms with van der Waals surface area (Å²) in [6.45, 7) is 0. The molecule has 2 unspecified atom stereocenters. The number of carbonyl (C=O) groups is 2. The van der Waals surface area contributed by atoms with E-state index in [9.17, 15) is 14.7 Å². The lowest BCUT2D eigenvalue weighted by Crippen LogP contribution is -2.38. The number of hydrogen-bond donors (Lipinski definition) is 1. The van der Waals surface area contributed by atoms with Gasteiger partial charge in [0.25, 0.3) is 0 Å². The summed E-state index contributed by atoms with van der Waals surface area (Å²) in [4.78, 5) is 24.6. The zero-order valence-corrected chi connectivity index (χ0v) is 10.8.